The van der Waals surface area contributed by atoms with Crippen LogP contribution in [0.1, 0.15) is 15.9 Å². The second-order valence-corrected chi connectivity index (χ2v) is 7.26. The summed E-state index contributed by atoms with van der Waals surface area (Å²) in [5.41, 5.74) is 2.01. The first-order valence-corrected chi connectivity index (χ1v) is 10.2. The standard InChI is InChI=1S/C25H24N2O5/c1-30-21-13-12-18(14-22(21)31-2)25(29)27-16-23(32-20-11-7-6-10-19(20)27)24(28)26-15-17-8-4-3-5-9-17/h3-14,23H,15-16H2,1-2H3,(H,26,28)/t23-/m0/s1. The van der Waals surface area contributed by atoms with Crippen molar-refractivity contribution in [2.75, 3.05) is 25.7 Å². The first kappa shape index (κ1) is 21.2. The lowest BCUT2D eigenvalue weighted by atomic mass is 10.1. The average Bonchev–Trinajstić information content (AvgIpc) is 2.86. The summed E-state index contributed by atoms with van der Waals surface area (Å²) in [6.45, 7) is 0.468. The predicted molar refractivity (Wildman–Crippen MR) is 120 cm³/mol. The average molecular weight is 432 g/mol. The Labute approximate surface area is 186 Å². The number of para-hydroxylation sites is 2. The summed E-state index contributed by atoms with van der Waals surface area (Å²) >= 11 is 0. The number of ether oxygens (including phenoxy) is 3. The Balaban J connectivity index is 1.57. The molecule has 0 spiro atoms. The fraction of sp³-hybridized carbons (Fsp3) is 0.200. The van der Waals surface area contributed by atoms with Gasteiger partial charge in [-0.3, -0.25) is 9.59 Å². The summed E-state index contributed by atoms with van der Waals surface area (Å²) in [7, 11) is 3.06. The number of hydrogen-bond donors (Lipinski definition) is 1. The molecule has 0 saturated heterocycles. The molecule has 0 radical (unpaired) electrons. The lowest BCUT2D eigenvalue weighted by Gasteiger charge is -2.34. The first-order valence-electron chi connectivity index (χ1n) is 10.2. The molecule has 7 nitrogen and oxygen atoms in total. The van der Waals surface area contributed by atoms with Crippen LogP contribution in [-0.2, 0) is 11.3 Å². The number of amides is 2. The summed E-state index contributed by atoms with van der Waals surface area (Å²) < 4.78 is 16.5. The molecule has 0 fully saturated rings. The van der Waals surface area contributed by atoms with Crippen LogP contribution < -0.4 is 24.4 Å². The van der Waals surface area contributed by atoms with E-state index in [1.165, 1.54) is 14.2 Å². The molecule has 1 N–H and O–H groups in total. The van der Waals surface area contributed by atoms with Gasteiger partial charge in [0, 0.05) is 12.1 Å². The summed E-state index contributed by atoms with van der Waals surface area (Å²) in [5.74, 6) is 0.921. The number of rotatable bonds is 6. The molecule has 1 aliphatic rings. The molecule has 0 saturated carbocycles. The Morgan fingerprint density at radius 1 is 0.969 bits per heavy atom. The summed E-state index contributed by atoms with van der Waals surface area (Å²) in [6, 6.07) is 21.8. The molecule has 0 aromatic heterocycles. The number of anilines is 1. The molecule has 7 heteroatoms. The highest BCUT2D eigenvalue weighted by Crippen LogP contribution is 2.35. The summed E-state index contributed by atoms with van der Waals surface area (Å²) in [5, 5.41) is 2.89. The Morgan fingerprint density at radius 2 is 1.69 bits per heavy atom. The normalized spacial score (nSPS) is 14.7. The summed E-state index contributed by atoms with van der Waals surface area (Å²) in [6.07, 6.45) is -0.835. The van der Waals surface area contributed by atoms with Gasteiger partial charge >= 0.3 is 0 Å². The van der Waals surface area contributed by atoms with Crippen LogP contribution in [0, 0.1) is 0 Å². The second-order valence-electron chi connectivity index (χ2n) is 7.26. The van der Waals surface area contributed by atoms with Gasteiger partial charge in [-0.05, 0) is 35.9 Å². The van der Waals surface area contributed by atoms with Gasteiger partial charge in [-0.15, -0.1) is 0 Å². The monoisotopic (exact) mass is 432 g/mol. The van der Waals surface area contributed by atoms with Crippen LogP contribution in [0.5, 0.6) is 17.2 Å². The maximum absolute atomic E-state index is 13.4. The highest BCUT2D eigenvalue weighted by atomic mass is 16.5. The van der Waals surface area contributed by atoms with Gasteiger partial charge < -0.3 is 24.4 Å². The van der Waals surface area contributed by atoms with Crippen LogP contribution >= 0.6 is 0 Å². The molecule has 0 aliphatic carbocycles. The third-order valence-corrected chi connectivity index (χ3v) is 5.25. The maximum Gasteiger partial charge on any atom is 0.263 e. The van der Waals surface area contributed by atoms with Crippen molar-refractivity contribution in [3.05, 3.63) is 83.9 Å². The third-order valence-electron chi connectivity index (χ3n) is 5.25. The molecule has 3 aromatic carbocycles. The van der Waals surface area contributed by atoms with E-state index in [9.17, 15) is 9.59 Å². The molecule has 1 aliphatic heterocycles. The van der Waals surface area contributed by atoms with Crippen molar-refractivity contribution in [1.29, 1.82) is 0 Å². The van der Waals surface area contributed by atoms with Gasteiger partial charge in [0.05, 0.1) is 26.5 Å². The molecule has 1 atom stereocenters. The van der Waals surface area contributed by atoms with Crippen molar-refractivity contribution in [2.24, 2.45) is 0 Å². The molecule has 0 unspecified atom stereocenters. The molecule has 32 heavy (non-hydrogen) atoms. The number of fused-ring (bicyclic) bond motifs is 1. The highest BCUT2D eigenvalue weighted by Gasteiger charge is 2.34. The van der Waals surface area contributed by atoms with Crippen LogP contribution in [0.2, 0.25) is 0 Å². The molecule has 3 aromatic rings. The van der Waals surface area contributed by atoms with Crippen molar-refractivity contribution < 1.29 is 23.8 Å². The van der Waals surface area contributed by atoms with E-state index in [1.54, 1.807) is 35.2 Å². The van der Waals surface area contributed by atoms with Gasteiger partial charge in [0.15, 0.2) is 17.6 Å². The summed E-state index contributed by atoms with van der Waals surface area (Å²) in [4.78, 5) is 27.8. The SMILES string of the molecule is COc1ccc(C(=O)N2C[C@@H](C(=O)NCc3ccccc3)Oc3ccccc32)cc1OC. The predicted octanol–water partition coefficient (Wildman–Crippen LogP) is 3.43. The number of methoxy groups -OCH3 is 2. The molecule has 1 heterocycles. The van der Waals surface area contributed by atoms with Crippen molar-refractivity contribution in [2.45, 2.75) is 12.6 Å². The number of nitrogens with zero attached hydrogens (tertiary/aromatic N) is 1. The van der Waals surface area contributed by atoms with Gasteiger partial charge in [0.1, 0.15) is 5.75 Å². The third kappa shape index (κ3) is 4.37. The Hall–Kier alpha value is -4.00. The minimum absolute atomic E-state index is 0.0881. The van der Waals surface area contributed by atoms with Gasteiger partial charge in [-0.25, -0.2) is 0 Å². The number of hydrogen-bond acceptors (Lipinski definition) is 5. The molecule has 2 amide bonds. The quantitative estimate of drug-likeness (QED) is 0.646. The fourth-order valence-electron chi connectivity index (χ4n) is 3.59. The lowest BCUT2D eigenvalue weighted by molar-refractivity contribution is -0.127. The van der Waals surface area contributed by atoms with Gasteiger partial charge in [0.25, 0.3) is 11.8 Å². The van der Waals surface area contributed by atoms with E-state index in [4.69, 9.17) is 14.2 Å². The number of nitrogens with one attached hydrogen (secondary N) is 1. The number of carbonyl (C=O) groups excluding carboxylic acids is 2. The van der Waals surface area contributed by atoms with Crippen LogP contribution in [0.3, 0.4) is 0 Å². The van der Waals surface area contributed by atoms with Crippen molar-refractivity contribution in [3.8, 4) is 17.2 Å². The highest BCUT2D eigenvalue weighted by molar-refractivity contribution is 6.08. The Morgan fingerprint density at radius 3 is 2.44 bits per heavy atom. The molecule has 164 valence electrons. The minimum atomic E-state index is -0.835. The number of benzene rings is 3. The van der Waals surface area contributed by atoms with Crippen LogP contribution in [0.25, 0.3) is 0 Å². The van der Waals surface area contributed by atoms with E-state index in [2.05, 4.69) is 5.32 Å². The molecular weight excluding hydrogens is 408 g/mol. The van der Waals surface area contributed by atoms with E-state index in [0.717, 1.165) is 5.56 Å². The van der Waals surface area contributed by atoms with E-state index < -0.39 is 6.10 Å². The zero-order valence-electron chi connectivity index (χ0n) is 17.9. The van der Waals surface area contributed by atoms with E-state index >= 15 is 0 Å². The number of carbonyl (C=O) groups is 2. The Bertz CT molecular complexity index is 1120. The minimum Gasteiger partial charge on any atom is -0.493 e. The smallest absolute Gasteiger partial charge is 0.263 e. The second kappa shape index (κ2) is 9.43. The lowest BCUT2D eigenvalue weighted by Crippen LogP contribution is -2.50. The van der Waals surface area contributed by atoms with Gasteiger partial charge in [0.2, 0.25) is 0 Å². The molecule has 4 rings (SSSR count). The first-order chi connectivity index (χ1) is 15.6. The van der Waals surface area contributed by atoms with Crippen molar-refractivity contribution in [3.63, 3.8) is 0 Å². The van der Waals surface area contributed by atoms with Crippen molar-refractivity contribution >= 4 is 17.5 Å². The molecule has 0 bridgehead atoms. The van der Waals surface area contributed by atoms with Gasteiger partial charge in [-0.2, -0.15) is 0 Å². The zero-order chi connectivity index (χ0) is 22.5. The Kier molecular flexibility index (Phi) is 6.26. The van der Waals surface area contributed by atoms with E-state index in [1.807, 2.05) is 42.5 Å². The topological polar surface area (TPSA) is 77.1 Å². The fourth-order valence-corrected chi connectivity index (χ4v) is 3.59. The van der Waals surface area contributed by atoms with Crippen LogP contribution in [0.4, 0.5) is 5.69 Å². The maximum atomic E-state index is 13.4. The van der Waals surface area contributed by atoms with Crippen molar-refractivity contribution in [1.82, 2.24) is 5.32 Å². The largest absolute Gasteiger partial charge is 0.493 e. The van der Waals surface area contributed by atoms with Crippen LogP contribution in [-0.4, -0.2) is 38.7 Å². The van der Waals surface area contributed by atoms with Crippen LogP contribution in [0.15, 0.2) is 72.8 Å². The van der Waals surface area contributed by atoms with Gasteiger partial charge in [-0.1, -0.05) is 42.5 Å². The van der Waals surface area contributed by atoms with E-state index in [0.29, 0.717) is 35.0 Å². The van der Waals surface area contributed by atoms with E-state index in [-0.39, 0.29) is 18.4 Å². The zero-order valence-corrected chi connectivity index (χ0v) is 17.9. The molecular formula is C25H24N2O5.